The van der Waals surface area contributed by atoms with Gasteiger partial charge in [0.25, 0.3) is 0 Å². The average molecular weight is 217 g/mol. The number of hydrogen-bond donors (Lipinski definition) is 1. The summed E-state index contributed by atoms with van der Waals surface area (Å²) < 4.78 is 0. The van der Waals surface area contributed by atoms with E-state index in [0.717, 1.165) is 17.0 Å². The summed E-state index contributed by atoms with van der Waals surface area (Å²) in [5, 5.41) is 5.71. The van der Waals surface area contributed by atoms with Crippen LogP contribution in [0.3, 0.4) is 0 Å². The fraction of sp³-hybridized carbons (Fsp3) is 0.333. The summed E-state index contributed by atoms with van der Waals surface area (Å²) in [7, 11) is 1.69. The smallest absolute Gasteiger partial charge is 0.243 e. The van der Waals surface area contributed by atoms with Crippen LogP contribution in [0.1, 0.15) is 18.9 Å². The molecule has 0 unspecified atom stereocenters. The molecule has 0 bridgehead atoms. The van der Waals surface area contributed by atoms with Crippen molar-refractivity contribution in [2.75, 3.05) is 12.8 Å². The zero-order chi connectivity index (χ0) is 11.7. The van der Waals surface area contributed by atoms with Crippen molar-refractivity contribution in [1.29, 1.82) is 0 Å². The lowest BCUT2D eigenvalue weighted by Gasteiger charge is -2.24. The molecule has 2 N–H and O–H groups in total. The summed E-state index contributed by atoms with van der Waals surface area (Å²) in [5.41, 5.74) is 8.34. The number of anilines is 1. The minimum Gasteiger partial charge on any atom is -0.399 e. The van der Waals surface area contributed by atoms with Gasteiger partial charge in [-0.1, -0.05) is 19.1 Å². The first-order valence-electron chi connectivity index (χ1n) is 5.29. The van der Waals surface area contributed by atoms with Crippen LogP contribution in [0.2, 0.25) is 0 Å². The van der Waals surface area contributed by atoms with Crippen molar-refractivity contribution in [2.45, 2.75) is 13.3 Å². The maximum Gasteiger partial charge on any atom is 0.243 e. The first kappa shape index (κ1) is 10.7. The molecule has 1 amide bonds. The molecule has 1 aromatic carbocycles. The summed E-state index contributed by atoms with van der Waals surface area (Å²) in [6, 6.07) is 7.57. The summed E-state index contributed by atoms with van der Waals surface area (Å²) >= 11 is 0. The molecule has 1 atom stereocenters. The minimum absolute atomic E-state index is 0.0618. The van der Waals surface area contributed by atoms with Crippen LogP contribution in [-0.2, 0) is 4.79 Å². The molecule has 84 valence electrons. The van der Waals surface area contributed by atoms with Crippen molar-refractivity contribution in [3.63, 3.8) is 0 Å². The van der Waals surface area contributed by atoms with Gasteiger partial charge in [-0.2, -0.15) is 5.10 Å². The number of hydrogen-bond acceptors (Lipinski definition) is 3. The van der Waals surface area contributed by atoms with Gasteiger partial charge in [-0.3, -0.25) is 4.79 Å². The third kappa shape index (κ3) is 1.91. The van der Waals surface area contributed by atoms with Crippen molar-refractivity contribution < 1.29 is 4.79 Å². The quantitative estimate of drug-likeness (QED) is 0.724. The Kier molecular flexibility index (Phi) is 2.64. The van der Waals surface area contributed by atoms with Crippen molar-refractivity contribution in [3.05, 3.63) is 29.8 Å². The van der Waals surface area contributed by atoms with E-state index in [1.807, 2.05) is 31.2 Å². The van der Waals surface area contributed by atoms with Crippen LogP contribution in [-0.4, -0.2) is 23.7 Å². The molecule has 1 aromatic rings. The van der Waals surface area contributed by atoms with Crippen molar-refractivity contribution >= 4 is 17.3 Å². The van der Waals surface area contributed by atoms with Crippen LogP contribution in [0, 0.1) is 5.92 Å². The lowest BCUT2D eigenvalue weighted by atomic mass is 9.94. The number of nitrogen functional groups attached to an aromatic ring is 1. The van der Waals surface area contributed by atoms with Crippen LogP contribution in [0.4, 0.5) is 5.69 Å². The molecule has 16 heavy (non-hydrogen) atoms. The Morgan fingerprint density at radius 2 is 2.00 bits per heavy atom. The molecule has 1 heterocycles. The molecular formula is C12H15N3O. The van der Waals surface area contributed by atoms with Gasteiger partial charge in [0.1, 0.15) is 0 Å². The van der Waals surface area contributed by atoms with E-state index < -0.39 is 0 Å². The normalized spacial score (nSPS) is 20.9. The maximum absolute atomic E-state index is 11.4. The molecule has 4 heteroatoms. The van der Waals surface area contributed by atoms with Gasteiger partial charge in [0.05, 0.1) is 5.71 Å². The number of carbonyl (C=O) groups is 1. The second kappa shape index (κ2) is 3.96. The monoisotopic (exact) mass is 217 g/mol. The zero-order valence-corrected chi connectivity index (χ0v) is 9.47. The second-order valence-corrected chi connectivity index (χ2v) is 4.13. The number of amides is 1. The molecule has 0 fully saturated rings. The van der Waals surface area contributed by atoms with E-state index in [1.54, 1.807) is 7.05 Å². The summed E-state index contributed by atoms with van der Waals surface area (Å²) in [5.74, 6) is 0.221. The fourth-order valence-corrected chi connectivity index (χ4v) is 1.80. The first-order valence-corrected chi connectivity index (χ1v) is 5.29. The molecule has 1 aliphatic rings. The first-order chi connectivity index (χ1) is 7.58. The summed E-state index contributed by atoms with van der Waals surface area (Å²) in [4.78, 5) is 11.4. The van der Waals surface area contributed by atoms with Crippen LogP contribution in [0.5, 0.6) is 0 Å². The molecule has 0 spiro atoms. The number of nitrogens with two attached hydrogens (primary N) is 1. The van der Waals surface area contributed by atoms with Crippen LogP contribution < -0.4 is 5.73 Å². The van der Waals surface area contributed by atoms with Gasteiger partial charge in [0, 0.05) is 25.1 Å². The number of hydrazone groups is 1. The van der Waals surface area contributed by atoms with Gasteiger partial charge in [-0.25, -0.2) is 5.01 Å². The van der Waals surface area contributed by atoms with Crippen LogP contribution in [0.15, 0.2) is 29.4 Å². The minimum atomic E-state index is 0.0618. The molecule has 0 saturated heterocycles. The number of rotatable bonds is 1. The molecule has 0 aromatic heterocycles. The Balaban J connectivity index is 2.36. The standard InChI is InChI=1S/C12H15N3O/c1-8-7-11(16)15(2)14-12(8)9-3-5-10(13)6-4-9/h3-6,8H,7,13H2,1-2H3/t8-/m1/s1. The topological polar surface area (TPSA) is 58.7 Å². The van der Waals surface area contributed by atoms with Gasteiger partial charge >= 0.3 is 0 Å². The Hall–Kier alpha value is -1.84. The maximum atomic E-state index is 11.4. The molecule has 2 rings (SSSR count). The van der Waals surface area contributed by atoms with Gasteiger partial charge < -0.3 is 5.73 Å². The van der Waals surface area contributed by atoms with Crippen molar-refractivity contribution in [3.8, 4) is 0 Å². The van der Waals surface area contributed by atoms with E-state index in [4.69, 9.17) is 5.73 Å². The third-order valence-corrected chi connectivity index (χ3v) is 2.77. The average Bonchev–Trinajstić information content (AvgIpc) is 2.25. The van der Waals surface area contributed by atoms with Gasteiger partial charge in [-0.05, 0) is 17.7 Å². The molecule has 0 radical (unpaired) electrons. The molecule has 1 aliphatic heterocycles. The van der Waals surface area contributed by atoms with Crippen molar-refractivity contribution in [1.82, 2.24) is 5.01 Å². The third-order valence-electron chi connectivity index (χ3n) is 2.77. The largest absolute Gasteiger partial charge is 0.399 e. The summed E-state index contributed by atoms with van der Waals surface area (Å²) in [6.45, 7) is 2.01. The molecular weight excluding hydrogens is 202 g/mol. The Bertz CT molecular complexity index is 436. The highest BCUT2D eigenvalue weighted by Crippen LogP contribution is 2.20. The van der Waals surface area contributed by atoms with Crippen LogP contribution in [0.25, 0.3) is 0 Å². The van der Waals surface area contributed by atoms with Crippen LogP contribution >= 0.6 is 0 Å². The SMILES string of the molecule is C[C@@H]1CC(=O)N(C)N=C1c1ccc(N)cc1. The lowest BCUT2D eigenvalue weighted by molar-refractivity contribution is -0.131. The van der Waals surface area contributed by atoms with Gasteiger partial charge in [0.2, 0.25) is 5.91 Å². The second-order valence-electron chi connectivity index (χ2n) is 4.13. The number of carbonyl (C=O) groups excluding carboxylic acids is 1. The van der Waals surface area contributed by atoms with E-state index in [1.165, 1.54) is 5.01 Å². The zero-order valence-electron chi connectivity index (χ0n) is 9.47. The highest BCUT2D eigenvalue weighted by Gasteiger charge is 2.24. The number of nitrogens with zero attached hydrogens (tertiary/aromatic N) is 2. The predicted octanol–water partition coefficient (Wildman–Crippen LogP) is 1.47. The van der Waals surface area contributed by atoms with E-state index in [-0.39, 0.29) is 11.8 Å². The van der Waals surface area contributed by atoms with E-state index in [0.29, 0.717) is 6.42 Å². The molecule has 4 nitrogen and oxygen atoms in total. The predicted molar refractivity (Wildman–Crippen MR) is 63.9 cm³/mol. The van der Waals surface area contributed by atoms with E-state index in [9.17, 15) is 4.79 Å². The number of benzene rings is 1. The Morgan fingerprint density at radius 3 is 2.62 bits per heavy atom. The highest BCUT2D eigenvalue weighted by molar-refractivity contribution is 6.05. The summed E-state index contributed by atoms with van der Waals surface area (Å²) in [6.07, 6.45) is 0.514. The fourth-order valence-electron chi connectivity index (χ4n) is 1.80. The highest BCUT2D eigenvalue weighted by atomic mass is 16.2. The van der Waals surface area contributed by atoms with Crippen molar-refractivity contribution in [2.24, 2.45) is 11.0 Å². The molecule has 0 aliphatic carbocycles. The lowest BCUT2D eigenvalue weighted by Crippen LogP contribution is -2.33. The van der Waals surface area contributed by atoms with Gasteiger partial charge in [-0.15, -0.1) is 0 Å². The Morgan fingerprint density at radius 1 is 1.38 bits per heavy atom. The molecule has 0 saturated carbocycles. The van der Waals surface area contributed by atoms with E-state index >= 15 is 0 Å². The van der Waals surface area contributed by atoms with Gasteiger partial charge in [0.15, 0.2) is 0 Å². The van der Waals surface area contributed by atoms with E-state index in [2.05, 4.69) is 5.10 Å². The Labute approximate surface area is 94.7 Å².